The van der Waals surface area contributed by atoms with Crippen molar-refractivity contribution in [1.29, 1.82) is 0 Å². The van der Waals surface area contributed by atoms with E-state index in [1.807, 2.05) is 37.4 Å². The van der Waals surface area contributed by atoms with Crippen LogP contribution in [-0.2, 0) is 11.3 Å². The van der Waals surface area contributed by atoms with E-state index in [9.17, 15) is 9.90 Å². The summed E-state index contributed by atoms with van der Waals surface area (Å²) in [4.78, 5) is 16.3. The van der Waals surface area contributed by atoms with Gasteiger partial charge in [-0.15, -0.1) is 0 Å². The van der Waals surface area contributed by atoms with Gasteiger partial charge in [-0.3, -0.25) is 9.69 Å². The van der Waals surface area contributed by atoms with Crippen molar-refractivity contribution < 1.29 is 9.90 Å². The largest absolute Gasteiger partial charge is 0.395 e. The number of aliphatic hydroxyl groups is 1. The van der Waals surface area contributed by atoms with Crippen LogP contribution >= 0.6 is 0 Å². The second kappa shape index (κ2) is 7.57. The summed E-state index contributed by atoms with van der Waals surface area (Å²) in [6.45, 7) is 4.23. The van der Waals surface area contributed by atoms with Gasteiger partial charge in [-0.25, -0.2) is 0 Å². The Morgan fingerprint density at radius 1 is 1.38 bits per heavy atom. The molecule has 1 saturated heterocycles. The van der Waals surface area contributed by atoms with E-state index in [-0.39, 0.29) is 18.6 Å². The van der Waals surface area contributed by atoms with Crippen LogP contribution in [0.15, 0.2) is 30.3 Å². The van der Waals surface area contributed by atoms with Crippen LogP contribution in [0.1, 0.15) is 25.3 Å². The van der Waals surface area contributed by atoms with Gasteiger partial charge in [0.2, 0.25) is 5.91 Å². The van der Waals surface area contributed by atoms with Gasteiger partial charge in [0, 0.05) is 19.6 Å². The first kappa shape index (κ1) is 16.0. The number of piperidine rings is 1. The Balaban J connectivity index is 1.90. The molecule has 1 aromatic rings. The molecule has 4 heteroatoms. The smallest absolute Gasteiger partial charge is 0.236 e. The van der Waals surface area contributed by atoms with Crippen molar-refractivity contribution in [2.75, 3.05) is 26.7 Å². The molecule has 2 unspecified atom stereocenters. The lowest BCUT2D eigenvalue weighted by Crippen LogP contribution is -2.50. The highest BCUT2D eigenvalue weighted by Crippen LogP contribution is 2.22. The zero-order chi connectivity index (χ0) is 15.2. The summed E-state index contributed by atoms with van der Waals surface area (Å²) in [5.74, 6) is 0.572. The van der Waals surface area contributed by atoms with E-state index in [4.69, 9.17) is 0 Å². The summed E-state index contributed by atoms with van der Waals surface area (Å²) in [6, 6.07) is 10.1. The average molecular weight is 290 g/mol. The van der Waals surface area contributed by atoms with E-state index >= 15 is 0 Å². The summed E-state index contributed by atoms with van der Waals surface area (Å²) in [6.07, 6.45) is 2.24. The number of benzene rings is 1. The van der Waals surface area contributed by atoms with Gasteiger partial charge < -0.3 is 10.0 Å². The number of hydrogen-bond acceptors (Lipinski definition) is 3. The van der Waals surface area contributed by atoms with Gasteiger partial charge in [-0.2, -0.15) is 0 Å². The van der Waals surface area contributed by atoms with Gasteiger partial charge in [0.15, 0.2) is 0 Å². The van der Waals surface area contributed by atoms with Crippen molar-refractivity contribution in [2.24, 2.45) is 5.92 Å². The number of carbonyl (C=O) groups is 1. The standard InChI is InChI=1S/C17H26N2O2/c1-14-7-6-10-19(16(14)13-20)12-17(21)18(2)11-15-8-4-3-5-9-15/h3-5,8-9,14,16,20H,6-7,10-13H2,1-2H3. The van der Waals surface area contributed by atoms with Crippen LogP contribution in [0.3, 0.4) is 0 Å². The predicted octanol–water partition coefficient (Wildman–Crippen LogP) is 1.74. The Morgan fingerprint density at radius 2 is 2.10 bits per heavy atom. The Kier molecular flexibility index (Phi) is 5.76. The van der Waals surface area contributed by atoms with Crippen LogP contribution in [0.5, 0.6) is 0 Å². The maximum absolute atomic E-state index is 12.4. The van der Waals surface area contributed by atoms with Crippen LogP contribution in [0.25, 0.3) is 0 Å². The third-order valence-electron chi connectivity index (χ3n) is 4.44. The second-order valence-electron chi connectivity index (χ2n) is 6.08. The van der Waals surface area contributed by atoms with E-state index in [1.165, 1.54) is 0 Å². The predicted molar refractivity (Wildman–Crippen MR) is 83.8 cm³/mol. The molecule has 1 fully saturated rings. The summed E-state index contributed by atoms with van der Waals surface area (Å²) in [5.41, 5.74) is 1.14. The monoisotopic (exact) mass is 290 g/mol. The van der Waals surface area contributed by atoms with Gasteiger partial charge in [0.25, 0.3) is 0 Å². The number of hydrogen-bond donors (Lipinski definition) is 1. The third-order valence-corrected chi connectivity index (χ3v) is 4.44. The lowest BCUT2D eigenvalue weighted by molar-refractivity contribution is -0.133. The Morgan fingerprint density at radius 3 is 2.76 bits per heavy atom. The summed E-state index contributed by atoms with van der Waals surface area (Å²) < 4.78 is 0. The molecule has 116 valence electrons. The van der Waals surface area contributed by atoms with Crippen molar-refractivity contribution in [3.63, 3.8) is 0 Å². The molecule has 2 rings (SSSR count). The number of carbonyl (C=O) groups excluding carboxylic acids is 1. The van der Waals surface area contributed by atoms with Crippen LogP contribution < -0.4 is 0 Å². The molecule has 1 aliphatic rings. The first-order valence-corrected chi connectivity index (χ1v) is 7.74. The summed E-state index contributed by atoms with van der Waals surface area (Å²) >= 11 is 0. The molecule has 0 bridgehead atoms. The maximum Gasteiger partial charge on any atom is 0.236 e. The first-order chi connectivity index (χ1) is 10.1. The number of amides is 1. The molecule has 0 spiro atoms. The minimum atomic E-state index is 0.117. The minimum absolute atomic E-state index is 0.117. The Bertz CT molecular complexity index is 449. The number of nitrogens with zero attached hydrogens (tertiary/aromatic N) is 2. The normalized spacial score (nSPS) is 23.0. The molecule has 4 nitrogen and oxygen atoms in total. The van der Waals surface area contributed by atoms with E-state index < -0.39 is 0 Å². The number of likely N-dealkylation sites (N-methyl/N-ethyl adjacent to an activating group) is 1. The fraction of sp³-hybridized carbons (Fsp3) is 0.588. The first-order valence-electron chi connectivity index (χ1n) is 7.74. The van der Waals surface area contributed by atoms with Gasteiger partial charge in [-0.1, -0.05) is 37.3 Å². The molecule has 1 aliphatic heterocycles. The lowest BCUT2D eigenvalue weighted by Gasteiger charge is -2.39. The lowest BCUT2D eigenvalue weighted by atomic mass is 9.91. The molecule has 1 aromatic carbocycles. The number of likely N-dealkylation sites (tertiary alicyclic amines) is 1. The molecule has 0 saturated carbocycles. The molecule has 0 aromatic heterocycles. The van der Waals surface area contributed by atoms with Crippen LogP contribution in [-0.4, -0.2) is 53.6 Å². The third kappa shape index (κ3) is 4.29. The van der Waals surface area contributed by atoms with Crippen molar-refractivity contribution in [3.8, 4) is 0 Å². The zero-order valence-electron chi connectivity index (χ0n) is 13.0. The van der Waals surface area contributed by atoms with Crippen LogP contribution in [0.2, 0.25) is 0 Å². The number of aliphatic hydroxyl groups excluding tert-OH is 1. The Hall–Kier alpha value is -1.39. The summed E-state index contributed by atoms with van der Waals surface area (Å²) in [5, 5.41) is 9.55. The van der Waals surface area contributed by atoms with Crippen molar-refractivity contribution in [1.82, 2.24) is 9.80 Å². The highest BCUT2D eigenvalue weighted by molar-refractivity contribution is 5.78. The molecule has 1 N–H and O–H groups in total. The Labute approximate surface area is 127 Å². The quantitative estimate of drug-likeness (QED) is 0.898. The fourth-order valence-electron chi connectivity index (χ4n) is 3.07. The number of rotatable bonds is 5. The summed E-state index contributed by atoms with van der Waals surface area (Å²) in [7, 11) is 1.84. The fourth-order valence-corrected chi connectivity index (χ4v) is 3.07. The molecule has 0 radical (unpaired) electrons. The molecular formula is C17H26N2O2. The maximum atomic E-state index is 12.4. The average Bonchev–Trinajstić information content (AvgIpc) is 2.48. The van der Waals surface area contributed by atoms with Crippen LogP contribution in [0.4, 0.5) is 0 Å². The topological polar surface area (TPSA) is 43.8 Å². The van der Waals surface area contributed by atoms with Crippen LogP contribution in [0, 0.1) is 5.92 Å². The second-order valence-corrected chi connectivity index (χ2v) is 6.08. The zero-order valence-corrected chi connectivity index (χ0v) is 13.0. The highest BCUT2D eigenvalue weighted by atomic mass is 16.3. The molecular weight excluding hydrogens is 264 g/mol. The molecule has 21 heavy (non-hydrogen) atoms. The van der Waals surface area contributed by atoms with E-state index in [2.05, 4.69) is 11.8 Å². The molecule has 1 amide bonds. The SMILES string of the molecule is CC1CCCN(CC(=O)N(C)Cc2ccccc2)C1CO. The van der Waals surface area contributed by atoms with Crippen molar-refractivity contribution in [2.45, 2.75) is 32.4 Å². The minimum Gasteiger partial charge on any atom is -0.395 e. The van der Waals surface area contributed by atoms with Gasteiger partial charge >= 0.3 is 0 Å². The van der Waals surface area contributed by atoms with Gasteiger partial charge in [-0.05, 0) is 30.9 Å². The van der Waals surface area contributed by atoms with E-state index in [0.29, 0.717) is 19.0 Å². The molecule has 0 aliphatic carbocycles. The van der Waals surface area contributed by atoms with Gasteiger partial charge in [0.1, 0.15) is 0 Å². The van der Waals surface area contributed by atoms with Crippen molar-refractivity contribution >= 4 is 5.91 Å². The van der Waals surface area contributed by atoms with E-state index in [0.717, 1.165) is 24.9 Å². The van der Waals surface area contributed by atoms with Crippen molar-refractivity contribution in [3.05, 3.63) is 35.9 Å². The molecule has 1 heterocycles. The molecule has 2 atom stereocenters. The van der Waals surface area contributed by atoms with Gasteiger partial charge in [0.05, 0.1) is 13.2 Å². The van der Waals surface area contributed by atoms with E-state index in [1.54, 1.807) is 4.90 Å². The highest BCUT2D eigenvalue weighted by Gasteiger charge is 2.29.